The van der Waals surface area contributed by atoms with Gasteiger partial charge in [-0.3, -0.25) is 4.79 Å². The van der Waals surface area contributed by atoms with Crippen molar-refractivity contribution in [1.29, 1.82) is 0 Å². The van der Waals surface area contributed by atoms with Gasteiger partial charge >= 0.3 is 0 Å². The van der Waals surface area contributed by atoms with Crippen LogP contribution in [0.2, 0.25) is 0 Å². The van der Waals surface area contributed by atoms with Crippen LogP contribution in [0.4, 0.5) is 0 Å². The van der Waals surface area contributed by atoms with Gasteiger partial charge in [0.1, 0.15) is 6.26 Å². The van der Waals surface area contributed by atoms with Gasteiger partial charge in [0.05, 0.1) is 17.4 Å². The highest BCUT2D eigenvalue weighted by Crippen LogP contribution is 2.33. The zero-order valence-electron chi connectivity index (χ0n) is 10.0. The molecule has 4 heteroatoms. The van der Waals surface area contributed by atoms with Crippen molar-refractivity contribution in [2.24, 2.45) is 5.92 Å². The Morgan fingerprint density at radius 2 is 2.29 bits per heavy atom. The summed E-state index contributed by atoms with van der Waals surface area (Å²) in [5, 5.41) is 3.07. The molecule has 1 N–H and O–H groups in total. The van der Waals surface area contributed by atoms with Gasteiger partial charge in [0, 0.05) is 5.88 Å². The van der Waals surface area contributed by atoms with E-state index in [0.29, 0.717) is 11.4 Å². The Balaban J connectivity index is 2.02. The fourth-order valence-electron chi connectivity index (χ4n) is 2.31. The van der Waals surface area contributed by atoms with Crippen LogP contribution in [0.25, 0.3) is 0 Å². The molecule has 0 spiro atoms. The highest BCUT2D eigenvalue weighted by atomic mass is 35.5. The topological polar surface area (TPSA) is 42.2 Å². The zero-order chi connectivity index (χ0) is 12.3. The van der Waals surface area contributed by atoms with E-state index in [1.807, 2.05) is 0 Å². The number of nitrogens with one attached hydrogen (secondary N) is 1. The Morgan fingerprint density at radius 3 is 2.82 bits per heavy atom. The van der Waals surface area contributed by atoms with Gasteiger partial charge < -0.3 is 9.73 Å². The molecule has 0 saturated heterocycles. The number of amides is 1. The molecule has 1 aliphatic carbocycles. The van der Waals surface area contributed by atoms with Crippen LogP contribution in [0.5, 0.6) is 0 Å². The molecule has 0 unspecified atom stereocenters. The average Bonchev–Trinajstić information content (AvgIpc) is 2.86. The lowest BCUT2D eigenvalue weighted by Gasteiger charge is -2.38. The van der Waals surface area contributed by atoms with E-state index in [1.54, 1.807) is 6.07 Å². The van der Waals surface area contributed by atoms with E-state index in [0.717, 1.165) is 31.6 Å². The van der Waals surface area contributed by atoms with Crippen molar-refractivity contribution < 1.29 is 9.21 Å². The first-order valence-corrected chi connectivity index (χ1v) is 6.59. The molecule has 17 heavy (non-hydrogen) atoms. The lowest BCUT2D eigenvalue weighted by atomic mass is 9.78. The molecule has 1 aromatic rings. The van der Waals surface area contributed by atoms with E-state index in [9.17, 15) is 4.79 Å². The van der Waals surface area contributed by atoms with Gasteiger partial charge in [-0.2, -0.15) is 0 Å². The van der Waals surface area contributed by atoms with Crippen LogP contribution in [-0.4, -0.2) is 17.3 Å². The molecule has 0 bridgehead atoms. The van der Waals surface area contributed by atoms with Crippen molar-refractivity contribution in [2.45, 2.75) is 38.1 Å². The van der Waals surface area contributed by atoms with Gasteiger partial charge in [0.15, 0.2) is 0 Å². The van der Waals surface area contributed by atoms with E-state index >= 15 is 0 Å². The van der Waals surface area contributed by atoms with Crippen molar-refractivity contribution in [3.05, 3.63) is 24.2 Å². The van der Waals surface area contributed by atoms with Crippen molar-refractivity contribution in [3.63, 3.8) is 0 Å². The standard InChI is InChI=1S/C13H18ClNO2/c1-10-2-5-13(9-14,6-3-10)15-12(16)11-4-7-17-8-11/h4,7-8,10H,2-3,5-6,9H2,1H3,(H,15,16). The third-order valence-corrected chi connectivity index (χ3v) is 4.16. The smallest absolute Gasteiger partial charge is 0.255 e. The minimum Gasteiger partial charge on any atom is -0.472 e. The van der Waals surface area contributed by atoms with Gasteiger partial charge in [-0.1, -0.05) is 6.92 Å². The first-order valence-electron chi connectivity index (χ1n) is 6.06. The summed E-state index contributed by atoms with van der Waals surface area (Å²) in [5.41, 5.74) is 0.329. The number of carbonyl (C=O) groups excluding carboxylic acids is 1. The Labute approximate surface area is 107 Å². The van der Waals surface area contributed by atoms with Crippen LogP contribution >= 0.6 is 11.6 Å². The van der Waals surface area contributed by atoms with Gasteiger partial charge in [-0.25, -0.2) is 0 Å². The van der Waals surface area contributed by atoms with Crippen LogP contribution < -0.4 is 5.32 Å². The molecule has 1 amide bonds. The quantitative estimate of drug-likeness (QED) is 0.843. The summed E-state index contributed by atoms with van der Waals surface area (Å²) < 4.78 is 4.91. The SMILES string of the molecule is CC1CCC(CCl)(NC(=O)c2ccoc2)CC1. The van der Waals surface area contributed by atoms with Crippen molar-refractivity contribution in [3.8, 4) is 0 Å². The molecule has 2 rings (SSSR count). The first kappa shape index (κ1) is 12.5. The second kappa shape index (κ2) is 5.13. The van der Waals surface area contributed by atoms with Crippen LogP contribution in [-0.2, 0) is 0 Å². The minimum absolute atomic E-state index is 0.0889. The molecule has 0 aromatic carbocycles. The summed E-state index contributed by atoms with van der Waals surface area (Å²) in [7, 11) is 0. The molecule has 94 valence electrons. The number of alkyl halides is 1. The number of hydrogen-bond acceptors (Lipinski definition) is 2. The highest BCUT2D eigenvalue weighted by Gasteiger charge is 2.35. The summed E-state index contributed by atoms with van der Waals surface area (Å²) in [6.07, 6.45) is 7.13. The Morgan fingerprint density at radius 1 is 1.59 bits per heavy atom. The second-order valence-electron chi connectivity index (χ2n) is 5.06. The summed E-state index contributed by atoms with van der Waals surface area (Å²) in [6.45, 7) is 2.25. The molecule has 1 aliphatic rings. The number of rotatable bonds is 3. The van der Waals surface area contributed by atoms with Gasteiger partial charge in [0.25, 0.3) is 5.91 Å². The minimum atomic E-state index is -0.234. The summed E-state index contributed by atoms with van der Waals surface area (Å²) >= 11 is 6.05. The predicted octanol–water partition coefficient (Wildman–Crippen LogP) is 3.20. The Bertz CT molecular complexity index is 367. The predicted molar refractivity (Wildman–Crippen MR) is 67.3 cm³/mol. The van der Waals surface area contributed by atoms with E-state index in [1.165, 1.54) is 12.5 Å². The molecule has 0 atom stereocenters. The lowest BCUT2D eigenvalue weighted by Crippen LogP contribution is -2.52. The summed E-state index contributed by atoms with van der Waals surface area (Å²) in [5.74, 6) is 1.12. The average molecular weight is 256 g/mol. The van der Waals surface area contributed by atoms with E-state index in [2.05, 4.69) is 12.2 Å². The zero-order valence-corrected chi connectivity index (χ0v) is 10.8. The Kier molecular flexibility index (Phi) is 3.77. The van der Waals surface area contributed by atoms with E-state index in [-0.39, 0.29) is 11.4 Å². The monoisotopic (exact) mass is 255 g/mol. The highest BCUT2D eigenvalue weighted by molar-refractivity contribution is 6.19. The van der Waals surface area contributed by atoms with Crippen LogP contribution in [0.15, 0.2) is 23.0 Å². The molecule has 3 nitrogen and oxygen atoms in total. The van der Waals surface area contributed by atoms with E-state index in [4.69, 9.17) is 16.0 Å². The van der Waals surface area contributed by atoms with Gasteiger partial charge in [0.2, 0.25) is 0 Å². The molecule has 1 aromatic heterocycles. The molecule has 1 saturated carbocycles. The fourth-order valence-corrected chi connectivity index (χ4v) is 2.65. The maximum absolute atomic E-state index is 12.0. The van der Waals surface area contributed by atoms with Crippen LogP contribution in [0, 0.1) is 5.92 Å². The number of carbonyl (C=O) groups is 1. The maximum Gasteiger partial charge on any atom is 0.255 e. The second-order valence-corrected chi connectivity index (χ2v) is 5.33. The summed E-state index contributed by atoms with van der Waals surface area (Å²) in [4.78, 5) is 12.0. The molecule has 0 aliphatic heterocycles. The molecule has 1 fully saturated rings. The van der Waals surface area contributed by atoms with Gasteiger partial charge in [-0.05, 0) is 37.7 Å². The third-order valence-electron chi connectivity index (χ3n) is 3.65. The number of hydrogen-bond donors (Lipinski definition) is 1. The van der Waals surface area contributed by atoms with E-state index < -0.39 is 0 Å². The largest absolute Gasteiger partial charge is 0.472 e. The molecule has 0 radical (unpaired) electrons. The number of furan rings is 1. The lowest BCUT2D eigenvalue weighted by molar-refractivity contribution is 0.0872. The van der Waals surface area contributed by atoms with Crippen molar-refractivity contribution in [2.75, 3.05) is 5.88 Å². The molecule has 1 heterocycles. The fraction of sp³-hybridized carbons (Fsp3) is 0.615. The van der Waals surface area contributed by atoms with Crippen LogP contribution in [0.1, 0.15) is 43.0 Å². The van der Waals surface area contributed by atoms with Crippen molar-refractivity contribution >= 4 is 17.5 Å². The Hall–Kier alpha value is -0.960. The van der Waals surface area contributed by atoms with Crippen LogP contribution in [0.3, 0.4) is 0 Å². The molecular weight excluding hydrogens is 238 g/mol. The molecular formula is C13H18ClNO2. The van der Waals surface area contributed by atoms with Crippen molar-refractivity contribution in [1.82, 2.24) is 5.32 Å². The third kappa shape index (κ3) is 2.83. The number of halogens is 1. The normalized spacial score (nSPS) is 28.9. The maximum atomic E-state index is 12.0. The first-order chi connectivity index (χ1) is 8.15. The van der Waals surface area contributed by atoms with Gasteiger partial charge in [-0.15, -0.1) is 11.6 Å². The summed E-state index contributed by atoms with van der Waals surface area (Å²) in [6, 6.07) is 1.67.